The van der Waals surface area contributed by atoms with Gasteiger partial charge in [-0.15, -0.1) is 17.0 Å². The molecule has 0 heterocycles. The van der Waals surface area contributed by atoms with E-state index >= 15 is 0 Å². The van der Waals surface area contributed by atoms with Crippen molar-refractivity contribution in [2.75, 3.05) is 18.1 Å². The van der Waals surface area contributed by atoms with Gasteiger partial charge in [-0.25, -0.2) is 0 Å². The average molecular weight is 331 g/mol. The van der Waals surface area contributed by atoms with Crippen LogP contribution in [0.5, 0.6) is 0 Å². The number of hydrogen-bond donors (Lipinski definition) is 1. The summed E-state index contributed by atoms with van der Waals surface area (Å²) in [5.41, 5.74) is 1.69. The summed E-state index contributed by atoms with van der Waals surface area (Å²) in [7, 11) is 1.77. The molecule has 1 aromatic rings. The monoisotopic (exact) mass is 330 g/mol. The lowest BCUT2D eigenvalue weighted by Crippen LogP contribution is -2.08. The topological polar surface area (TPSA) is 41.5 Å². The summed E-state index contributed by atoms with van der Waals surface area (Å²) in [5.74, 6) is 1.13. The van der Waals surface area contributed by atoms with Gasteiger partial charge in [0, 0.05) is 24.1 Å². The van der Waals surface area contributed by atoms with Gasteiger partial charge in [-0.3, -0.25) is 9.79 Å². The van der Waals surface area contributed by atoms with Crippen molar-refractivity contribution >= 4 is 45.4 Å². The Labute approximate surface area is 123 Å². The SMILES string of the molecule is Br.CCCSC(=NC)Nc1ccc(C(C)=O)cc1. The average Bonchev–Trinajstić information content (AvgIpc) is 2.35. The molecular weight excluding hydrogens is 312 g/mol. The molecule has 3 nitrogen and oxygen atoms in total. The standard InChI is InChI=1S/C13H18N2OS.BrH/c1-4-9-17-13(14-3)15-12-7-5-11(6-8-12)10(2)16;/h5-8H,4,9H2,1-3H3,(H,14,15);1H. The molecule has 0 atom stereocenters. The van der Waals surface area contributed by atoms with E-state index in [0.29, 0.717) is 0 Å². The first-order valence-corrected chi connectivity index (χ1v) is 6.63. The predicted molar refractivity (Wildman–Crippen MR) is 86.5 cm³/mol. The summed E-state index contributed by atoms with van der Waals surface area (Å²) in [6.07, 6.45) is 1.12. The number of anilines is 1. The zero-order valence-corrected chi connectivity index (χ0v) is 13.4. The van der Waals surface area contributed by atoms with Crippen molar-refractivity contribution in [1.82, 2.24) is 0 Å². The largest absolute Gasteiger partial charge is 0.335 e. The summed E-state index contributed by atoms with van der Waals surface area (Å²) >= 11 is 1.70. The number of Topliss-reactive ketones (excluding diaryl/α,β-unsaturated/α-hetero) is 1. The van der Waals surface area contributed by atoms with Gasteiger partial charge in [0.1, 0.15) is 0 Å². The molecule has 0 radical (unpaired) electrons. The molecule has 1 aromatic carbocycles. The number of carbonyl (C=O) groups is 1. The number of rotatable bonds is 4. The number of benzene rings is 1. The summed E-state index contributed by atoms with van der Waals surface area (Å²) in [5, 5.41) is 4.14. The van der Waals surface area contributed by atoms with Crippen molar-refractivity contribution in [3.8, 4) is 0 Å². The zero-order valence-electron chi connectivity index (χ0n) is 10.9. The molecule has 18 heavy (non-hydrogen) atoms. The number of nitrogens with one attached hydrogen (secondary N) is 1. The molecule has 0 bridgehead atoms. The Hall–Kier alpha value is -0.810. The minimum atomic E-state index is 0. The van der Waals surface area contributed by atoms with Gasteiger partial charge in [0.25, 0.3) is 0 Å². The predicted octanol–water partition coefficient (Wildman–Crippen LogP) is 4.01. The number of hydrogen-bond acceptors (Lipinski definition) is 3. The molecule has 0 fully saturated rings. The second kappa shape index (κ2) is 9.16. The lowest BCUT2D eigenvalue weighted by Gasteiger charge is -2.08. The molecule has 0 saturated carbocycles. The maximum absolute atomic E-state index is 11.1. The van der Waals surface area contributed by atoms with Gasteiger partial charge in [-0.05, 0) is 37.6 Å². The summed E-state index contributed by atoms with van der Waals surface area (Å²) in [6, 6.07) is 7.44. The van der Waals surface area contributed by atoms with Crippen LogP contribution in [-0.2, 0) is 0 Å². The first-order chi connectivity index (χ1) is 8.17. The first-order valence-electron chi connectivity index (χ1n) is 5.65. The molecule has 0 unspecified atom stereocenters. The van der Waals surface area contributed by atoms with Crippen molar-refractivity contribution in [1.29, 1.82) is 0 Å². The smallest absolute Gasteiger partial charge is 0.160 e. The Morgan fingerprint density at radius 2 is 1.94 bits per heavy atom. The highest BCUT2D eigenvalue weighted by atomic mass is 79.9. The summed E-state index contributed by atoms with van der Waals surface area (Å²) in [4.78, 5) is 15.3. The van der Waals surface area contributed by atoms with Crippen LogP contribution in [0.1, 0.15) is 30.6 Å². The molecule has 0 aromatic heterocycles. The molecule has 0 amide bonds. The van der Waals surface area contributed by atoms with E-state index in [4.69, 9.17) is 0 Å². The maximum atomic E-state index is 11.1. The van der Waals surface area contributed by atoms with Gasteiger partial charge in [0.2, 0.25) is 0 Å². The van der Waals surface area contributed by atoms with Gasteiger partial charge in [0.15, 0.2) is 11.0 Å². The van der Waals surface area contributed by atoms with Crippen LogP contribution in [0.25, 0.3) is 0 Å². The van der Waals surface area contributed by atoms with Gasteiger partial charge in [-0.1, -0.05) is 18.7 Å². The van der Waals surface area contributed by atoms with Crippen LogP contribution in [0.2, 0.25) is 0 Å². The second-order valence-corrected chi connectivity index (χ2v) is 4.72. The van der Waals surface area contributed by atoms with E-state index in [1.807, 2.05) is 24.3 Å². The minimum Gasteiger partial charge on any atom is -0.335 e. The fourth-order valence-electron chi connectivity index (χ4n) is 1.27. The Morgan fingerprint density at radius 1 is 1.33 bits per heavy atom. The van der Waals surface area contributed by atoms with E-state index in [1.165, 1.54) is 0 Å². The molecule has 0 aliphatic carbocycles. The minimum absolute atomic E-state index is 0. The van der Waals surface area contributed by atoms with E-state index < -0.39 is 0 Å². The quantitative estimate of drug-likeness (QED) is 0.515. The van der Waals surface area contributed by atoms with Crippen molar-refractivity contribution < 1.29 is 4.79 Å². The molecule has 0 aliphatic rings. The third-order valence-corrected chi connectivity index (χ3v) is 3.36. The van der Waals surface area contributed by atoms with Crippen LogP contribution in [0.15, 0.2) is 29.3 Å². The van der Waals surface area contributed by atoms with Crippen molar-refractivity contribution in [2.45, 2.75) is 20.3 Å². The number of halogens is 1. The van der Waals surface area contributed by atoms with Gasteiger partial charge < -0.3 is 5.32 Å². The fourth-order valence-corrected chi connectivity index (χ4v) is 1.98. The first kappa shape index (κ1) is 17.2. The van der Waals surface area contributed by atoms with E-state index in [1.54, 1.807) is 25.7 Å². The van der Waals surface area contributed by atoms with Crippen LogP contribution in [0, 0.1) is 0 Å². The Bertz CT molecular complexity index is 404. The lowest BCUT2D eigenvalue weighted by atomic mass is 10.1. The molecule has 1 N–H and O–H groups in total. The number of nitrogens with zero attached hydrogens (tertiary/aromatic N) is 1. The number of carbonyl (C=O) groups excluding carboxylic acids is 1. The van der Waals surface area contributed by atoms with E-state index in [9.17, 15) is 4.79 Å². The van der Waals surface area contributed by atoms with E-state index in [-0.39, 0.29) is 22.8 Å². The molecule has 100 valence electrons. The van der Waals surface area contributed by atoms with Crippen LogP contribution in [-0.4, -0.2) is 23.8 Å². The van der Waals surface area contributed by atoms with Crippen LogP contribution >= 0.6 is 28.7 Å². The molecule has 0 aliphatic heterocycles. The highest BCUT2D eigenvalue weighted by molar-refractivity contribution is 8.93. The second-order valence-electron chi connectivity index (χ2n) is 3.64. The third kappa shape index (κ3) is 5.69. The van der Waals surface area contributed by atoms with Gasteiger partial charge in [-0.2, -0.15) is 0 Å². The van der Waals surface area contributed by atoms with Crippen LogP contribution in [0.4, 0.5) is 5.69 Å². The Balaban J connectivity index is 0.00000289. The van der Waals surface area contributed by atoms with Gasteiger partial charge in [0.05, 0.1) is 0 Å². The van der Waals surface area contributed by atoms with Crippen LogP contribution in [0.3, 0.4) is 0 Å². The van der Waals surface area contributed by atoms with Gasteiger partial charge >= 0.3 is 0 Å². The maximum Gasteiger partial charge on any atom is 0.160 e. The van der Waals surface area contributed by atoms with Crippen molar-refractivity contribution in [3.63, 3.8) is 0 Å². The zero-order chi connectivity index (χ0) is 12.7. The normalized spacial score (nSPS) is 10.7. The van der Waals surface area contributed by atoms with E-state index in [0.717, 1.165) is 28.6 Å². The highest BCUT2D eigenvalue weighted by Gasteiger charge is 2.01. The summed E-state index contributed by atoms with van der Waals surface area (Å²) in [6.45, 7) is 3.71. The molecule has 0 spiro atoms. The molecular formula is C13H19BrN2OS. The Morgan fingerprint density at radius 3 is 2.39 bits per heavy atom. The number of amidine groups is 1. The molecule has 0 saturated heterocycles. The molecule has 5 heteroatoms. The fraction of sp³-hybridized carbons (Fsp3) is 0.385. The Kier molecular flexibility index (Phi) is 8.75. The van der Waals surface area contributed by atoms with Crippen LogP contribution < -0.4 is 5.32 Å². The number of thioether (sulfide) groups is 1. The van der Waals surface area contributed by atoms with E-state index in [2.05, 4.69) is 17.2 Å². The number of aliphatic imine (C=N–C) groups is 1. The van der Waals surface area contributed by atoms with Crippen molar-refractivity contribution in [3.05, 3.63) is 29.8 Å². The molecule has 1 rings (SSSR count). The highest BCUT2D eigenvalue weighted by Crippen LogP contribution is 2.14. The number of ketones is 1. The van der Waals surface area contributed by atoms with Crippen molar-refractivity contribution in [2.24, 2.45) is 4.99 Å². The summed E-state index contributed by atoms with van der Waals surface area (Å²) < 4.78 is 0. The lowest BCUT2D eigenvalue weighted by molar-refractivity contribution is 0.101. The third-order valence-electron chi connectivity index (χ3n) is 2.19.